The first-order valence-electron chi connectivity index (χ1n) is 13.5. The first-order chi connectivity index (χ1) is 24.2. The highest BCUT2D eigenvalue weighted by atomic mass is 32.2. The van der Waals surface area contributed by atoms with Crippen molar-refractivity contribution in [3.05, 3.63) is 35.9 Å². The standard InChI is InChI=1S/C24H25N7O14S6/c1-12-9-17(27-28-20-19(49-45-43-34)10-14-13(21(20)32)3-4-15(25)22(14)51(38,39)40)18(41-5-2-8-50(35,36)37)11-16(12)26-29-23-30-31-24(48-23)46-6-7-47-44-42-33/h3-4,9-11,32-34H,2,5-8,25H2,1H3,(H,35,36,37)(H,38,39,40). The van der Waals surface area contributed by atoms with E-state index in [4.69, 9.17) is 25.5 Å². The van der Waals surface area contributed by atoms with Gasteiger partial charge < -0.3 is 15.6 Å². The molecule has 0 spiro atoms. The van der Waals surface area contributed by atoms with Crippen molar-refractivity contribution in [1.29, 1.82) is 0 Å². The number of aromatic nitrogens is 2. The molecule has 21 nitrogen and oxygen atoms in total. The molecule has 1 aromatic heterocycles. The molecule has 276 valence electrons. The lowest BCUT2D eigenvalue weighted by molar-refractivity contribution is -0.432. The number of aryl methyl sites for hydroxylation is 1. The number of nitrogen functional groups attached to an aromatic ring is 1. The average Bonchev–Trinajstić information content (AvgIpc) is 3.51. The fourth-order valence-electron chi connectivity index (χ4n) is 4.02. The van der Waals surface area contributed by atoms with Crippen molar-refractivity contribution in [2.24, 2.45) is 20.5 Å². The highest BCUT2D eigenvalue weighted by molar-refractivity contribution is 8.02. The summed E-state index contributed by atoms with van der Waals surface area (Å²) in [6.07, 6.45) is -0.104. The summed E-state index contributed by atoms with van der Waals surface area (Å²) in [7, 11) is -9.15. The van der Waals surface area contributed by atoms with Gasteiger partial charge in [-0.15, -0.1) is 39.3 Å². The van der Waals surface area contributed by atoms with Crippen molar-refractivity contribution in [3.8, 4) is 11.5 Å². The number of rotatable bonds is 19. The molecule has 7 N–H and O–H groups in total. The van der Waals surface area contributed by atoms with Gasteiger partial charge in [-0.1, -0.05) is 33.2 Å². The van der Waals surface area contributed by atoms with Crippen LogP contribution in [0.4, 0.5) is 27.9 Å². The number of hydrogen-bond donors (Lipinski definition) is 6. The van der Waals surface area contributed by atoms with Crippen molar-refractivity contribution in [1.82, 2.24) is 10.2 Å². The molecular weight excluding hydrogens is 803 g/mol. The number of aromatic hydroxyl groups is 1. The van der Waals surface area contributed by atoms with E-state index in [9.17, 15) is 26.5 Å². The predicted molar refractivity (Wildman–Crippen MR) is 184 cm³/mol. The van der Waals surface area contributed by atoms with Gasteiger partial charge in [0.15, 0.2) is 10.1 Å². The van der Waals surface area contributed by atoms with Crippen LogP contribution in [0.25, 0.3) is 10.8 Å². The van der Waals surface area contributed by atoms with Crippen LogP contribution in [0.1, 0.15) is 12.0 Å². The molecule has 4 rings (SSSR count). The Labute approximate surface area is 304 Å². The van der Waals surface area contributed by atoms with Gasteiger partial charge in [0.1, 0.15) is 22.0 Å². The molecule has 4 aromatic rings. The topological polar surface area (TPSA) is 317 Å². The summed E-state index contributed by atoms with van der Waals surface area (Å²) >= 11 is 3.71. The second-order valence-electron chi connectivity index (χ2n) is 9.51. The summed E-state index contributed by atoms with van der Waals surface area (Å²) in [6.45, 7) is 1.46. The number of nitrogens with zero attached hydrogens (tertiary/aromatic N) is 6. The van der Waals surface area contributed by atoms with E-state index >= 15 is 0 Å². The molecule has 0 bridgehead atoms. The monoisotopic (exact) mass is 827 g/mol. The molecule has 0 radical (unpaired) electrons. The first-order valence-corrected chi connectivity index (χ1v) is 20.0. The van der Waals surface area contributed by atoms with E-state index in [0.29, 0.717) is 33.5 Å². The molecule has 1 heterocycles. The fourth-order valence-corrected chi connectivity index (χ4v) is 7.90. The third-order valence-corrected chi connectivity index (χ3v) is 11.2. The average molecular weight is 828 g/mol. The minimum Gasteiger partial charge on any atom is -0.505 e. The maximum Gasteiger partial charge on any atom is 0.297 e. The van der Waals surface area contributed by atoms with Crippen LogP contribution in [0, 0.1) is 6.92 Å². The summed E-state index contributed by atoms with van der Waals surface area (Å²) in [5, 5.41) is 59.7. The highest BCUT2D eigenvalue weighted by Gasteiger charge is 2.24. The molecule has 0 saturated heterocycles. The molecule has 0 aliphatic carbocycles. The van der Waals surface area contributed by atoms with Gasteiger partial charge in [0.2, 0.25) is 0 Å². The number of benzene rings is 3. The lowest BCUT2D eigenvalue weighted by Crippen LogP contribution is -2.08. The molecular formula is C24H25N7O14S6. The van der Waals surface area contributed by atoms with Gasteiger partial charge in [0.05, 0.1) is 40.7 Å². The molecule has 27 heteroatoms. The Balaban J connectivity index is 1.70. The van der Waals surface area contributed by atoms with Crippen LogP contribution in [0.15, 0.2) is 64.9 Å². The number of phenols is 1. The maximum absolute atomic E-state index is 12.1. The minimum atomic E-state index is -4.88. The van der Waals surface area contributed by atoms with Crippen molar-refractivity contribution in [3.63, 3.8) is 0 Å². The number of fused-ring (bicyclic) bond motifs is 1. The Bertz CT molecular complexity index is 2130. The quantitative estimate of drug-likeness (QED) is 0.00846. The van der Waals surface area contributed by atoms with Gasteiger partial charge in [0, 0.05) is 40.4 Å². The molecule has 0 saturated carbocycles. The lowest BCUT2D eigenvalue weighted by Gasteiger charge is -2.13. The van der Waals surface area contributed by atoms with Crippen molar-refractivity contribution in [2.75, 3.05) is 29.6 Å². The van der Waals surface area contributed by atoms with Crippen molar-refractivity contribution >= 4 is 106 Å². The van der Waals surface area contributed by atoms with Crippen LogP contribution in [0.5, 0.6) is 11.5 Å². The van der Waals surface area contributed by atoms with Crippen LogP contribution >= 0.6 is 47.2 Å². The number of ether oxygens (including phenoxy) is 1. The Morgan fingerprint density at radius 1 is 0.922 bits per heavy atom. The Kier molecular flexibility index (Phi) is 14.7. The minimum absolute atomic E-state index is 0.0274. The number of thioether (sulfide) groups is 1. The summed E-state index contributed by atoms with van der Waals surface area (Å²) in [5.41, 5.74) is 6.00. The fraction of sp³-hybridized carbons (Fsp3) is 0.250. The number of nitrogens with two attached hydrogens (primary N) is 1. The van der Waals surface area contributed by atoms with Crippen LogP contribution in [-0.4, -0.2) is 75.6 Å². The van der Waals surface area contributed by atoms with E-state index in [-0.39, 0.29) is 62.3 Å². The summed E-state index contributed by atoms with van der Waals surface area (Å²) in [4.78, 5) is -0.846. The highest BCUT2D eigenvalue weighted by Crippen LogP contribution is 2.47. The molecule has 51 heavy (non-hydrogen) atoms. The number of azo groups is 2. The van der Waals surface area contributed by atoms with Gasteiger partial charge in [0.25, 0.3) is 25.4 Å². The van der Waals surface area contributed by atoms with E-state index in [0.717, 1.165) is 35.5 Å². The zero-order valence-corrected chi connectivity index (χ0v) is 30.4. The van der Waals surface area contributed by atoms with E-state index < -0.39 is 36.6 Å². The van der Waals surface area contributed by atoms with Gasteiger partial charge in [-0.25, -0.2) is 10.5 Å². The third kappa shape index (κ3) is 11.6. The van der Waals surface area contributed by atoms with Crippen LogP contribution in [0.3, 0.4) is 0 Å². The summed E-state index contributed by atoms with van der Waals surface area (Å²) in [6, 6.07) is 6.49. The smallest absolute Gasteiger partial charge is 0.297 e. The van der Waals surface area contributed by atoms with Crippen molar-refractivity contribution < 1.29 is 65.0 Å². The third-order valence-electron chi connectivity index (χ3n) is 6.08. The molecule has 0 aliphatic heterocycles. The Morgan fingerprint density at radius 3 is 2.37 bits per heavy atom. The molecule has 3 aromatic carbocycles. The Hall–Kier alpha value is -3.29. The normalized spacial score (nSPS) is 12.5. The van der Waals surface area contributed by atoms with Gasteiger partial charge >= 0.3 is 0 Å². The van der Waals surface area contributed by atoms with Crippen LogP contribution in [-0.2, 0) is 39.0 Å². The van der Waals surface area contributed by atoms with Crippen LogP contribution in [0.2, 0.25) is 0 Å². The summed E-state index contributed by atoms with van der Waals surface area (Å²) < 4.78 is 80.7. The number of phenolic OH excluding ortho intramolecular Hbond substituents is 1. The second kappa shape index (κ2) is 18.5. The van der Waals surface area contributed by atoms with E-state index in [1.807, 2.05) is 0 Å². The van der Waals surface area contributed by atoms with E-state index in [1.54, 1.807) is 6.92 Å². The zero-order valence-electron chi connectivity index (χ0n) is 25.5. The maximum atomic E-state index is 12.1. The molecule has 0 fully saturated rings. The van der Waals surface area contributed by atoms with E-state index in [2.05, 4.69) is 49.4 Å². The predicted octanol–water partition coefficient (Wildman–Crippen LogP) is 6.61. The Morgan fingerprint density at radius 2 is 1.67 bits per heavy atom. The SMILES string of the molecule is Cc1cc(N=Nc2c(SOOO)cc3c(S(=O)(=O)O)c(N)ccc3c2O)c(OCCCS(=O)(=O)O)cc1N=Nc1nnc(SCCSOOO)s1. The lowest BCUT2D eigenvalue weighted by atomic mass is 10.1. The number of hydrogen-bond acceptors (Lipinski definition) is 23. The zero-order chi connectivity index (χ0) is 37.2. The van der Waals surface area contributed by atoms with Gasteiger partial charge in [-0.2, -0.15) is 16.8 Å². The van der Waals surface area contributed by atoms with Gasteiger partial charge in [-0.3, -0.25) is 9.11 Å². The van der Waals surface area contributed by atoms with Crippen molar-refractivity contribution in [2.45, 2.75) is 27.5 Å². The largest absolute Gasteiger partial charge is 0.505 e. The van der Waals surface area contributed by atoms with E-state index in [1.165, 1.54) is 30.0 Å². The summed E-state index contributed by atoms with van der Waals surface area (Å²) in [5.74, 6) is -0.141. The number of anilines is 1. The van der Waals surface area contributed by atoms with Gasteiger partial charge in [-0.05, 0) is 43.2 Å². The molecule has 0 atom stereocenters. The molecule has 0 aliphatic rings. The first kappa shape index (κ1) is 40.5. The van der Waals surface area contributed by atoms with Crippen LogP contribution < -0.4 is 10.5 Å². The molecule has 0 amide bonds. The molecule has 0 unspecified atom stereocenters. The second-order valence-corrected chi connectivity index (χ2v) is 16.3.